The smallest absolute Gasteiger partial charge is 0.108 e. The lowest BCUT2D eigenvalue weighted by molar-refractivity contribution is -0.0713. The quantitative estimate of drug-likeness (QED) is 0.576. The van der Waals surface area contributed by atoms with Crippen LogP contribution in [0.15, 0.2) is 54.6 Å². The summed E-state index contributed by atoms with van der Waals surface area (Å²) in [6.07, 6.45) is 3.89. The standard InChI is InChI=1S/C23H33N3O/c1-3-22(27)25(2)23(20-9-11-21(24)12-10-20)26-15-13-19(14-16-26)17-18-7-5-4-6-8-18/h4-12,19,22-23,27H,3,13-17,24H2,1-2H3. The van der Waals surface area contributed by atoms with E-state index >= 15 is 0 Å². The fourth-order valence-corrected chi connectivity index (χ4v) is 4.17. The highest BCUT2D eigenvalue weighted by molar-refractivity contribution is 5.40. The van der Waals surface area contributed by atoms with Gasteiger partial charge in [-0.25, -0.2) is 0 Å². The Bertz CT molecular complexity index is 681. The summed E-state index contributed by atoms with van der Waals surface area (Å²) in [6.45, 7) is 4.12. The molecule has 1 saturated heterocycles. The van der Waals surface area contributed by atoms with Gasteiger partial charge in [0.15, 0.2) is 0 Å². The first-order valence-corrected chi connectivity index (χ1v) is 10.1. The van der Waals surface area contributed by atoms with Gasteiger partial charge in [-0.05, 0) is 61.9 Å². The highest BCUT2D eigenvalue weighted by Crippen LogP contribution is 2.32. The van der Waals surface area contributed by atoms with Gasteiger partial charge in [0.1, 0.15) is 6.23 Å². The van der Waals surface area contributed by atoms with Crippen molar-refractivity contribution in [3.63, 3.8) is 0 Å². The van der Waals surface area contributed by atoms with Crippen molar-refractivity contribution >= 4 is 5.69 Å². The second-order valence-corrected chi connectivity index (χ2v) is 7.76. The average Bonchev–Trinajstić information content (AvgIpc) is 2.71. The van der Waals surface area contributed by atoms with Gasteiger partial charge >= 0.3 is 0 Å². The van der Waals surface area contributed by atoms with Crippen molar-refractivity contribution in [2.24, 2.45) is 5.92 Å². The predicted octanol–water partition coefficient (Wildman–Crippen LogP) is 3.88. The maximum absolute atomic E-state index is 10.5. The number of nitrogens with two attached hydrogens (primary N) is 1. The van der Waals surface area contributed by atoms with E-state index in [0.29, 0.717) is 6.42 Å². The third kappa shape index (κ3) is 5.10. The summed E-state index contributed by atoms with van der Waals surface area (Å²) in [6, 6.07) is 18.9. The third-order valence-electron chi connectivity index (χ3n) is 5.82. The Balaban J connectivity index is 1.69. The second kappa shape index (κ2) is 9.36. The maximum Gasteiger partial charge on any atom is 0.108 e. The van der Waals surface area contributed by atoms with Gasteiger partial charge in [-0.1, -0.05) is 49.4 Å². The van der Waals surface area contributed by atoms with E-state index in [2.05, 4.69) is 52.3 Å². The highest BCUT2D eigenvalue weighted by Gasteiger charge is 2.31. The topological polar surface area (TPSA) is 52.7 Å². The van der Waals surface area contributed by atoms with Crippen LogP contribution in [0.4, 0.5) is 5.69 Å². The van der Waals surface area contributed by atoms with Crippen molar-refractivity contribution in [1.82, 2.24) is 9.80 Å². The molecule has 3 rings (SSSR count). The molecular weight excluding hydrogens is 334 g/mol. The summed E-state index contributed by atoms with van der Waals surface area (Å²) >= 11 is 0. The van der Waals surface area contributed by atoms with Crippen LogP contribution in [0.1, 0.15) is 43.5 Å². The van der Waals surface area contributed by atoms with Crippen LogP contribution < -0.4 is 5.73 Å². The van der Waals surface area contributed by atoms with Gasteiger partial charge < -0.3 is 10.8 Å². The van der Waals surface area contributed by atoms with E-state index < -0.39 is 6.23 Å². The lowest BCUT2D eigenvalue weighted by Gasteiger charge is -2.43. The van der Waals surface area contributed by atoms with Gasteiger partial charge in [-0.3, -0.25) is 9.80 Å². The molecule has 0 amide bonds. The van der Waals surface area contributed by atoms with Crippen LogP contribution in [-0.4, -0.2) is 41.3 Å². The molecule has 2 atom stereocenters. The monoisotopic (exact) mass is 367 g/mol. The molecule has 0 radical (unpaired) electrons. The van der Waals surface area contributed by atoms with Crippen LogP contribution in [0, 0.1) is 5.92 Å². The number of benzene rings is 2. The molecule has 0 bridgehead atoms. The van der Waals surface area contributed by atoms with E-state index in [1.54, 1.807) is 0 Å². The van der Waals surface area contributed by atoms with Gasteiger partial charge in [-0.15, -0.1) is 0 Å². The largest absolute Gasteiger partial charge is 0.399 e. The van der Waals surface area contributed by atoms with Crippen LogP contribution in [0.5, 0.6) is 0 Å². The average molecular weight is 368 g/mol. The molecule has 146 valence electrons. The number of likely N-dealkylation sites (tertiary alicyclic amines) is 1. The molecular formula is C23H33N3O. The van der Waals surface area contributed by atoms with Crippen molar-refractivity contribution in [3.05, 3.63) is 65.7 Å². The van der Waals surface area contributed by atoms with Crippen LogP contribution in [-0.2, 0) is 6.42 Å². The molecule has 3 N–H and O–H groups in total. The molecule has 2 aromatic carbocycles. The Morgan fingerprint density at radius 2 is 1.70 bits per heavy atom. The molecule has 1 aliphatic rings. The SMILES string of the molecule is CCC(O)N(C)C(c1ccc(N)cc1)N1CCC(Cc2ccccc2)CC1. The molecule has 1 heterocycles. The fraction of sp³-hybridized carbons (Fsp3) is 0.478. The van der Waals surface area contributed by atoms with Crippen molar-refractivity contribution in [2.75, 3.05) is 25.9 Å². The number of hydrogen-bond donors (Lipinski definition) is 2. The zero-order valence-electron chi connectivity index (χ0n) is 16.6. The predicted molar refractivity (Wildman–Crippen MR) is 112 cm³/mol. The van der Waals surface area contributed by atoms with Crippen molar-refractivity contribution < 1.29 is 5.11 Å². The second-order valence-electron chi connectivity index (χ2n) is 7.76. The number of aliphatic hydroxyl groups excluding tert-OH is 1. The minimum atomic E-state index is -0.449. The number of nitrogen functional groups attached to an aromatic ring is 1. The molecule has 27 heavy (non-hydrogen) atoms. The molecule has 2 unspecified atom stereocenters. The summed E-state index contributed by atoms with van der Waals surface area (Å²) in [5.41, 5.74) is 9.29. The van der Waals surface area contributed by atoms with Gasteiger partial charge in [0.25, 0.3) is 0 Å². The lowest BCUT2D eigenvalue weighted by atomic mass is 9.89. The Morgan fingerprint density at radius 1 is 1.07 bits per heavy atom. The third-order valence-corrected chi connectivity index (χ3v) is 5.82. The Hall–Kier alpha value is -1.88. The molecule has 0 aromatic heterocycles. The molecule has 4 heteroatoms. The van der Waals surface area contributed by atoms with Crippen LogP contribution in [0.2, 0.25) is 0 Å². The van der Waals surface area contributed by atoms with Crippen LogP contribution in [0.25, 0.3) is 0 Å². The molecule has 0 spiro atoms. The number of anilines is 1. The first-order chi connectivity index (χ1) is 13.1. The van der Waals surface area contributed by atoms with Crippen molar-refractivity contribution in [1.29, 1.82) is 0 Å². The molecule has 2 aromatic rings. The Kier molecular flexibility index (Phi) is 6.89. The molecule has 0 aliphatic carbocycles. The van der Waals surface area contributed by atoms with E-state index in [0.717, 1.165) is 31.1 Å². The summed E-state index contributed by atoms with van der Waals surface area (Å²) < 4.78 is 0. The number of aliphatic hydroxyl groups is 1. The molecule has 4 nitrogen and oxygen atoms in total. The first-order valence-electron chi connectivity index (χ1n) is 10.1. The van der Waals surface area contributed by atoms with Gasteiger partial charge in [0, 0.05) is 18.8 Å². The first kappa shape index (κ1) is 19.9. The van der Waals surface area contributed by atoms with Crippen molar-refractivity contribution in [2.45, 2.75) is 45.0 Å². The van der Waals surface area contributed by atoms with Crippen molar-refractivity contribution in [3.8, 4) is 0 Å². The number of nitrogens with zero attached hydrogens (tertiary/aromatic N) is 2. The summed E-state index contributed by atoms with van der Waals surface area (Å²) in [5.74, 6) is 0.733. The maximum atomic E-state index is 10.5. The summed E-state index contributed by atoms with van der Waals surface area (Å²) in [4.78, 5) is 4.59. The molecule has 1 aliphatic heterocycles. The van der Waals surface area contributed by atoms with Gasteiger partial charge in [-0.2, -0.15) is 0 Å². The normalized spacial score (nSPS) is 18.5. The molecule has 0 saturated carbocycles. The zero-order valence-corrected chi connectivity index (χ0v) is 16.6. The van der Waals surface area contributed by atoms with E-state index in [1.165, 1.54) is 24.0 Å². The lowest BCUT2D eigenvalue weighted by Crippen LogP contribution is -2.47. The van der Waals surface area contributed by atoms with E-state index in [9.17, 15) is 5.11 Å². The highest BCUT2D eigenvalue weighted by atomic mass is 16.3. The molecule has 1 fully saturated rings. The number of hydrogen-bond acceptors (Lipinski definition) is 4. The zero-order chi connectivity index (χ0) is 19.2. The fourth-order valence-electron chi connectivity index (χ4n) is 4.17. The van der Waals surface area contributed by atoms with Crippen LogP contribution >= 0.6 is 0 Å². The number of piperidine rings is 1. The minimum Gasteiger partial charge on any atom is -0.399 e. The van der Waals surface area contributed by atoms with Crippen LogP contribution in [0.3, 0.4) is 0 Å². The van der Waals surface area contributed by atoms with Gasteiger partial charge in [0.05, 0.1) is 6.17 Å². The van der Waals surface area contributed by atoms with Gasteiger partial charge in [0.2, 0.25) is 0 Å². The van der Waals surface area contributed by atoms with E-state index in [-0.39, 0.29) is 6.17 Å². The summed E-state index contributed by atoms with van der Waals surface area (Å²) in [5, 5.41) is 10.5. The van der Waals surface area contributed by atoms with E-state index in [4.69, 9.17) is 5.73 Å². The number of rotatable bonds is 7. The Labute approximate surface area is 163 Å². The van der Waals surface area contributed by atoms with E-state index in [1.807, 2.05) is 26.1 Å². The Morgan fingerprint density at radius 3 is 2.30 bits per heavy atom. The summed E-state index contributed by atoms with van der Waals surface area (Å²) in [7, 11) is 2.02. The minimum absolute atomic E-state index is 0.0817.